The minimum absolute atomic E-state index is 0.0123. The molecular formula is C9H12O4. The lowest BCUT2D eigenvalue weighted by Gasteiger charge is -2.25. The first-order chi connectivity index (χ1) is 6.24. The van der Waals surface area contributed by atoms with Gasteiger partial charge in [-0.3, -0.25) is 9.59 Å². The van der Waals surface area contributed by atoms with Crippen molar-refractivity contribution in [2.24, 2.45) is 0 Å². The number of carbonyl (C=O) groups is 2. The molecule has 72 valence electrons. The molecule has 0 radical (unpaired) electrons. The molecule has 0 aromatic carbocycles. The monoisotopic (exact) mass is 184 g/mol. The van der Waals surface area contributed by atoms with E-state index in [9.17, 15) is 9.59 Å². The van der Waals surface area contributed by atoms with E-state index >= 15 is 0 Å². The van der Waals surface area contributed by atoms with Gasteiger partial charge in [-0.25, -0.2) is 0 Å². The Morgan fingerprint density at radius 3 is 1.62 bits per heavy atom. The van der Waals surface area contributed by atoms with Gasteiger partial charge in [0.2, 0.25) is 0 Å². The van der Waals surface area contributed by atoms with Crippen molar-refractivity contribution in [3.8, 4) is 0 Å². The van der Waals surface area contributed by atoms with Crippen molar-refractivity contribution < 1.29 is 19.1 Å². The molecule has 0 unspecified atom stereocenters. The summed E-state index contributed by atoms with van der Waals surface area (Å²) < 4.78 is 10.2. The van der Waals surface area contributed by atoms with Gasteiger partial charge in [0, 0.05) is 0 Å². The molecule has 3 fully saturated rings. The molecule has 3 aliphatic rings. The summed E-state index contributed by atoms with van der Waals surface area (Å²) in [6.45, 7) is 0. The first kappa shape index (κ1) is 8.53. The maximum atomic E-state index is 11.1. The van der Waals surface area contributed by atoms with Crippen molar-refractivity contribution in [1.82, 2.24) is 0 Å². The summed E-state index contributed by atoms with van der Waals surface area (Å²) in [5, 5.41) is 0. The average molecular weight is 184 g/mol. The van der Waals surface area contributed by atoms with Gasteiger partial charge in [-0.15, -0.1) is 0 Å². The van der Waals surface area contributed by atoms with E-state index in [-0.39, 0.29) is 18.6 Å². The Balaban J connectivity index is 2.09. The molecule has 4 heteroatoms. The molecule has 2 aliphatic heterocycles. The van der Waals surface area contributed by atoms with Crippen LogP contribution in [-0.2, 0) is 19.1 Å². The summed E-state index contributed by atoms with van der Waals surface area (Å²) in [4.78, 5) is 22.1. The van der Waals surface area contributed by atoms with E-state index in [0.717, 1.165) is 25.7 Å². The average Bonchev–Trinajstić information content (AvgIpc) is 2.16. The number of hydrogen-bond donors (Lipinski definition) is 0. The number of rotatable bonds is 0. The van der Waals surface area contributed by atoms with Crippen LogP contribution < -0.4 is 0 Å². The molecule has 1 aliphatic carbocycles. The summed E-state index contributed by atoms with van der Waals surface area (Å²) in [6, 6.07) is 0. The predicted molar refractivity (Wildman–Crippen MR) is 42.8 cm³/mol. The first-order valence-electron chi connectivity index (χ1n) is 4.63. The van der Waals surface area contributed by atoms with E-state index in [1.165, 1.54) is 0 Å². The molecule has 0 atom stereocenters. The maximum Gasteiger partial charge on any atom is 0.317 e. The van der Waals surface area contributed by atoms with Crippen molar-refractivity contribution in [1.29, 1.82) is 0 Å². The molecule has 0 N–H and O–H groups in total. The number of carbonyl (C=O) groups excluding carboxylic acids is 2. The molecule has 0 aromatic heterocycles. The Morgan fingerprint density at radius 1 is 0.846 bits per heavy atom. The first-order valence-corrected chi connectivity index (χ1v) is 4.63. The molecular weight excluding hydrogens is 172 g/mol. The standard InChI is InChI=1S/C9H12O4/c10-8-5-9(11)13-7-2-1-6(12-8)3-4-7/h6-7H,1-5H2. The molecule has 0 spiro atoms. The summed E-state index contributed by atoms with van der Waals surface area (Å²) in [5.74, 6) is -0.893. The number of fused-ring (bicyclic) bond motifs is 6. The van der Waals surface area contributed by atoms with Gasteiger partial charge in [0.15, 0.2) is 0 Å². The Kier molecular flexibility index (Phi) is 2.20. The fourth-order valence-corrected chi connectivity index (χ4v) is 1.84. The van der Waals surface area contributed by atoms with E-state index in [0.29, 0.717) is 0 Å². The fourth-order valence-electron chi connectivity index (χ4n) is 1.84. The Morgan fingerprint density at radius 2 is 1.23 bits per heavy atom. The van der Waals surface area contributed by atoms with E-state index < -0.39 is 11.9 Å². The van der Waals surface area contributed by atoms with Crippen LogP contribution in [0.15, 0.2) is 0 Å². The molecule has 1 saturated carbocycles. The van der Waals surface area contributed by atoms with Gasteiger partial charge >= 0.3 is 11.9 Å². The molecule has 3 rings (SSSR count). The van der Waals surface area contributed by atoms with Crippen LogP contribution in [0.3, 0.4) is 0 Å². The molecule has 0 aromatic rings. The summed E-state index contributed by atoms with van der Waals surface area (Å²) in [5.41, 5.74) is 0. The SMILES string of the molecule is O=C1CC(=O)OC2CCC(CC2)O1. The lowest BCUT2D eigenvalue weighted by Crippen LogP contribution is -2.25. The van der Waals surface area contributed by atoms with Crippen LogP contribution in [0.2, 0.25) is 0 Å². The zero-order valence-corrected chi connectivity index (χ0v) is 7.32. The van der Waals surface area contributed by atoms with Crippen LogP contribution >= 0.6 is 0 Å². The van der Waals surface area contributed by atoms with Crippen LogP contribution in [0.1, 0.15) is 32.1 Å². The van der Waals surface area contributed by atoms with Crippen LogP contribution in [0.5, 0.6) is 0 Å². The Labute approximate surface area is 76.2 Å². The van der Waals surface area contributed by atoms with Gasteiger partial charge in [0.05, 0.1) is 0 Å². The van der Waals surface area contributed by atoms with Crippen molar-refractivity contribution in [2.75, 3.05) is 0 Å². The molecule has 13 heavy (non-hydrogen) atoms. The Bertz CT molecular complexity index is 204. The largest absolute Gasteiger partial charge is 0.462 e. The minimum Gasteiger partial charge on any atom is -0.462 e. The lowest BCUT2D eigenvalue weighted by molar-refractivity contribution is -0.155. The summed E-state index contributed by atoms with van der Waals surface area (Å²) in [6.07, 6.45) is 3.09. The van der Waals surface area contributed by atoms with Crippen molar-refractivity contribution in [3.63, 3.8) is 0 Å². The zero-order chi connectivity index (χ0) is 9.26. The topological polar surface area (TPSA) is 52.6 Å². The van der Waals surface area contributed by atoms with Crippen molar-refractivity contribution in [3.05, 3.63) is 0 Å². The van der Waals surface area contributed by atoms with Crippen LogP contribution in [0, 0.1) is 0 Å². The number of esters is 2. The third-order valence-corrected chi connectivity index (χ3v) is 2.51. The van der Waals surface area contributed by atoms with Crippen molar-refractivity contribution >= 4 is 11.9 Å². The zero-order valence-electron chi connectivity index (χ0n) is 7.32. The van der Waals surface area contributed by atoms with Gasteiger partial charge in [0.1, 0.15) is 18.6 Å². The smallest absolute Gasteiger partial charge is 0.317 e. The number of hydrogen-bond acceptors (Lipinski definition) is 4. The quantitative estimate of drug-likeness (QED) is 0.412. The van der Waals surface area contributed by atoms with Gasteiger partial charge in [-0.1, -0.05) is 0 Å². The van der Waals surface area contributed by atoms with E-state index in [1.54, 1.807) is 0 Å². The molecule has 2 bridgehead atoms. The van der Waals surface area contributed by atoms with E-state index in [2.05, 4.69) is 0 Å². The highest BCUT2D eigenvalue weighted by Crippen LogP contribution is 2.25. The second-order valence-electron chi connectivity index (χ2n) is 3.56. The second kappa shape index (κ2) is 3.36. The highest BCUT2D eigenvalue weighted by molar-refractivity contribution is 5.91. The highest BCUT2D eigenvalue weighted by atomic mass is 16.6. The molecule has 4 nitrogen and oxygen atoms in total. The molecule has 0 amide bonds. The van der Waals surface area contributed by atoms with Crippen LogP contribution in [-0.4, -0.2) is 24.1 Å². The predicted octanol–water partition coefficient (Wildman–Crippen LogP) is 0.788. The second-order valence-corrected chi connectivity index (χ2v) is 3.56. The normalized spacial score (nSPS) is 34.2. The summed E-state index contributed by atoms with van der Waals surface area (Å²) in [7, 11) is 0. The van der Waals surface area contributed by atoms with Crippen LogP contribution in [0.25, 0.3) is 0 Å². The third kappa shape index (κ3) is 1.99. The van der Waals surface area contributed by atoms with Gasteiger partial charge in [-0.2, -0.15) is 0 Å². The molecule has 2 heterocycles. The maximum absolute atomic E-state index is 11.1. The minimum atomic E-state index is -0.447. The van der Waals surface area contributed by atoms with Gasteiger partial charge < -0.3 is 9.47 Å². The third-order valence-electron chi connectivity index (χ3n) is 2.51. The van der Waals surface area contributed by atoms with E-state index in [1.807, 2.05) is 0 Å². The van der Waals surface area contributed by atoms with Crippen molar-refractivity contribution in [2.45, 2.75) is 44.3 Å². The lowest BCUT2D eigenvalue weighted by atomic mass is 9.95. The van der Waals surface area contributed by atoms with Crippen LogP contribution in [0.4, 0.5) is 0 Å². The number of ether oxygens (including phenoxy) is 2. The summed E-state index contributed by atoms with van der Waals surface area (Å²) >= 11 is 0. The Hall–Kier alpha value is -1.06. The van der Waals surface area contributed by atoms with Gasteiger partial charge in [0.25, 0.3) is 0 Å². The highest BCUT2D eigenvalue weighted by Gasteiger charge is 2.29. The van der Waals surface area contributed by atoms with Gasteiger partial charge in [-0.05, 0) is 25.7 Å². The fraction of sp³-hybridized carbons (Fsp3) is 0.778. The van der Waals surface area contributed by atoms with E-state index in [4.69, 9.17) is 9.47 Å². The molecule has 2 saturated heterocycles.